The molecule has 20 heavy (non-hydrogen) atoms. The first-order chi connectivity index (χ1) is 9.75. The van der Waals surface area contributed by atoms with Crippen molar-refractivity contribution in [2.45, 2.75) is 12.5 Å². The average Bonchev–Trinajstić information content (AvgIpc) is 2.49. The Balaban J connectivity index is 1.66. The van der Waals surface area contributed by atoms with Gasteiger partial charge in [-0.05, 0) is 12.0 Å². The Bertz CT molecular complexity index is 405. The summed E-state index contributed by atoms with van der Waals surface area (Å²) in [6, 6.07) is 9.14. The number of esters is 1. The van der Waals surface area contributed by atoms with Crippen molar-refractivity contribution in [3.63, 3.8) is 0 Å². The molecule has 0 aromatic heterocycles. The van der Waals surface area contributed by atoms with Gasteiger partial charge in [0.15, 0.2) is 0 Å². The fourth-order valence-corrected chi connectivity index (χ4v) is 2.16. The van der Waals surface area contributed by atoms with E-state index in [1.165, 1.54) is 0 Å². The molecule has 0 aliphatic carbocycles. The highest BCUT2D eigenvalue weighted by Gasteiger charge is 2.16. The molecule has 1 aromatic carbocycles. The van der Waals surface area contributed by atoms with E-state index in [0.29, 0.717) is 13.0 Å². The molecule has 5 nitrogen and oxygen atoms in total. The summed E-state index contributed by atoms with van der Waals surface area (Å²) < 4.78 is 10.5. The highest BCUT2D eigenvalue weighted by Crippen LogP contribution is 2.03. The molecule has 110 valence electrons. The molecule has 0 saturated carbocycles. The Labute approximate surface area is 119 Å². The Morgan fingerprint density at radius 3 is 2.70 bits per heavy atom. The molecule has 1 saturated heterocycles. The van der Waals surface area contributed by atoms with Crippen molar-refractivity contribution in [3.05, 3.63) is 35.9 Å². The van der Waals surface area contributed by atoms with Gasteiger partial charge in [0.1, 0.15) is 12.6 Å². The summed E-state index contributed by atoms with van der Waals surface area (Å²) in [6.45, 7) is 4.43. The maximum atomic E-state index is 11.8. The third kappa shape index (κ3) is 4.92. The van der Waals surface area contributed by atoms with Gasteiger partial charge in [-0.25, -0.2) is 0 Å². The summed E-state index contributed by atoms with van der Waals surface area (Å²) in [4.78, 5) is 14.0. The molecule has 2 N–H and O–H groups in total. The van der Waals surface area contributed by atoms with E-state index in [1.54, 1.807) is 0 Å². The van der Waals surface area contributed by atoms with E-state index in [4.69, 9.17) is 15.2 Å². The second-order valence-corrected chi connectivity index (χ2v) is 4.92. The van der Waals surface area contributed by atoms with E-state index in [-0.39, 0.29) is 5.97 Å². The third-order valence-electron chi connectivity index (χ3n) is 3.36. The van der Waals surface area contributed by atoms with Gasteiger partial charge < -0.3 is 15.2 Å². The Kier molecular flexibility index (Phi) is 5.98. The molecule has 1 heterocycles. The van der Waals surface area contributed by atoms with Crippen molar-refractivity contribution in [3.8, 4) is 0 Å². The van der Waals surface area contributed by atoms with Gasteiger partial charge in [0.05, 0.1) is 13.2 Å². The van der Waals surface area contributed by atoms with Crippen LogP contribution in [0.25, 0.3) is 0 Å². The topological polar surface area (TPSA) is 64.8 Å². The number of nitrogens with two attached hydrogens (primary N) is 1. The van der Waals surface area contributed by atoms with Gasteiger partial charge in [0.25, 0.3) is 0 Å². The zero-order chi connectivity index (χ0) is 14.2. The van der Waals surface area contributed by atoms with Gasteiger partial charge >= 0.3 is 5.97 Å². The van der Waals surface area contributed by atoms with E-state index < -0.39 is 6.04 Å². The van der Waals surface area contributed by atoms with E-state index in [1.807, 2.05) is 30.3 Å². The second kappa shape index (κ2) is 7.99. The lowest BCUT2D eigenvalue weighted by Crippen LogP contribution is -2.40. The number of morpholine rings is 1. The monoisotopic (exact) mass is 278 g/mol. The molecule has 1 fully saturated rings. The highest BCUT2D eigenvalue weighted by atomic mass is 16.5. The zero-order valence-electron chi connectivity index (χ0n) is 11.7. The number of carbonyl (C=O) groups is 1. The van der Waals surface area contributed by atoms with Crippen molar-refractivity contribution in [2.75, 3.05) is 39.5 Å². The van der Waals surface area contributed by atoms with Crippen molar-refractivity contribution >= 4 is 5.97 Å². The first-order valence-electron chi connectivity index (χ1n) is 7.02. The van der Waals surface area contributed by atoms with Crippen LogP contribution < -0.4 is 5.73 Å². The summed E-state index contributed by atoms with van der Waals surface area (Å²) in [5.74, 6) is -0.331. The minimum Gasteiger partial charge on any atom is -0.463 e. The predicted octanol–water partition coefficient (Wildman–Crippen LogP) is 0.432. The van der Waals surface area contributed by atoms with Crippen molar-refractivity contribution in [1.29, 1.82) is 0 Å². The van der Waals surface area contributed by atoms with Gasteiger partial charge in [0.2, 0.25) is 0 Å². The van der Waals surface area contributed by atoms with E-state index >= 15 is 0 Å². The number of carbonyl (C=O) groups excluding carboxylic acids is 1. The minimum absolute atomic E-state index is 0.331. The first kappa shape index (κ1) is 15.0. The minimum atomic E-state index is -0.595. The van der Waals surface area contributed by atoms with Gasteiger partial charge in [-0.3, -0.25) is 9.69 Å². The van der Waals surface area contributed by atoms with E-state index in [0.717, 1.165) is 38.4 Å². The lowest BCUT2D eigenvalue weighted by Gasteiger charge is -2.26. The summed E-state index contributed by atoms with van der Waals surface area (Å²) in [5, 5.41) is 0. The average molecular weight is 278 g/mol. The molecule has 1 atom stereocenters. The van der Waals surface area contributed by atoms with Crippen LogP contribution in [0, 0.1) is 0 Å². The molecule has 1 aliphatic rings. The molecule has 2 rings (SSSR count). The van der Waals surface area contributed by atoms with Gasteiger partial charge in [-0.2, -0.15) is 0 Å². The Morgan fingerprint density at radius 1 is 1.30 bits per heavy atom. The molecule has 1 aliphatic heterocycles. The number of benzene rings is 1. The Morgan fingerprint density at radius 2 is 2.00 bits per heavy atom. The van der Waals surface area contributed by atoms with Crippen molar-refractivity contribution in [1.82, 2.24) is 4.90 Å². The number of ether oxygens (including phenoxy) is 2. The van der Waals surface area contributed by atoms with Crippen LogP contribution in [0.5, 0.6) is 0 Å². The normalized spacial score (nSPS) is 17.6. The molecule has 1 aromatic rings. The molecule has 0 bridgehead atoms. The molecule has 0 radical (unpaired) electrons. The molecule has 0 unspecified atom stereocenters. The quantitative estimate of drug-likeness (QED) is 0.765. The first-order valence-corrected chi connectivity index (χ1v) is 7.02. The maximum Gasteiger partial charge on any atom is 0.323 e. The van der Waals surface area contributed by atoms with Crippen LogP contribution in [0.1, 0.15) is 5.56 Å². The molecule has 0 amide bonds. The fraction of sp³-hybridized carbons (Fsp3) is 0.533. The highest BCUT2D eigenvalue weighted by molar-refractivity contribution is 5.75. The summed E-state index contributed by atoms with van der Waals surface area (Å²) in [7, 11) is 0. The largest absolute Gasteiger partial charge is 0.463 e. The molecular weight excluding hydrogens is 256 g/mol. The van der Waals surface area contributed by atoms with Crippen LogP contribution in [0.2, 0.25) is 0 Å². The predicted molar refractivity (Wildman–Crippen MR) is 76.3 cm³/mol. The molecular formula is C15H22N2O3. The SMILES string of the molecule is N[C@@H](Cc1ccccc1)C(=O)OCCN1CCOCC1. The number of hydrogen-bond acceptors (Lipinski definition) is 5. The van der Waals surface area contributed by atoms with Gasteiger partial charge in [-0.15, -0.1) is 0 Å². The standard InChI is InChI=1S/C15H22N2O3/c16-14(12-13-4-2-1-3-5-13)15(18)20-11-8-17-6-9-19-10-7-17/h1-5,14H,6-12,16H2/t14-/m0/s1. The lowest BCUT2D eigenvalue weighted by atomic mass is 10.1. The van der Waals surface area contributed by atoms with E-state index in [9.17, 15) is 4.79 Å². The summed E-state index contributed by atoms with van der Waals surface area (Å²) in [6.07, 6.45) is 0.511. The smallest absolute Gasteiger partial charge is 0.323 e. The lowest BCUT2D eigenvalue weighted by molar-refractivity contribution is -0.145. The van der Waals surface area contributed by atoms with Gasteiger partial charge in [0, 0.05) is 19.6 Å². The van der Waals surface area contributed by atoms with Crippen molar-refractivity contribution < 1.29 is 14.3 Å². The van der Waals surface area contributed by atoms with E-state index in [2.05, 4.69) is 4.90 Å². The fourth-order valence-electron chi connectivity index (χ4n) is 2.16. The van der Waals surface area contributed by atoms with Crippen LogP contribution in [0.4, 0.5) is 0 Å². The third-order valence-corrected chi connectivity index (χ3v) is 3.36. The number of nitrogens with zero attached hydrogens (tertiary/aromatic N) is 1. The molecule has 0 spiro atoms. The summed E-state index contributed by atoms with van der Waals surface area (Å²) in [5.41, 5.74) is 6.91. The number of hydrogen-bond donors (Lipinski definition) is 1. The van der Waals surface area contributed by atoms with Crippen LogP contribution in [-0.2, 0) is 20.7 Å². The molecule has 5 heteroatoms. The zero-order valence-corrected chi connectivity index (χ0v) is 11.7. The van der Waals surface area contributed by atoms with Crippen LogP contribution in [0.3, 0.4) is 0 Å². The maximum absolute atomic E-state index is 11.8. The second-order valence-electron chi connectivity index (χ2n) is 4.92. The van der Waals surface area contributed by atoms with Crippen LogP contribution in [-0.4, -0.2) is 56.4 Å². The van der Waals surface area contributed by atoms with Crippen LogP contribution in [0.15, 0.2) is 30.3 Å². The van der Waals surface area contributed by atoms with Crippen molar-refractivity contribution in [2.24, 2.45) is 5.73 Å². The van der Waals surface area contributed by atoms with Crippen LogP contribution >= 0.6 is 0 Å². The van der Waals surface area contributed by atoms with Gasteiger partial charge in [-0.1, -0.05) is 30.3 Å². The summed E-state index contributed by atoms with van der Waals surface area (Å²) >= 11 is 0. The Hall–Kier alpha value is -1.43. The number of rotatable bonds is 6.